The predicted molar refractivity (Wildman–Crippen MR) is 104 cm³/mol. The van der Waals surface area contributed by atoms with Crippen molar-refractivity contribution in [2.24, 2.45) is 7.05 Å². The number of nitrogens with zero attached hydrogens (tertiary/aromatic N) is 4. The first-order valence-corrected chi connectivity index (χ1v) is 8.68. The molecule has 4 rings (SSSR count). The van der Waals surface area contributed by atoms with Gasteiger partial charge in [0.15, 0.2) is 5.82 Å². The summed E-state index contributed by atoms with van der Waals surface area (Å²) in [6.07, 6.45) is 3.09. The molecule has 2 aromatic carbocycles. The van der Waals surface area contributed by atoms with E-state index in [-0.39, 0.29) is 0 Å². The summed E-state index contributed by atoms with van der Waals surface area (Å²) in [7, 11) is 2.12. The van der Waals surface area contributed by atoms with Crippen molar-refractivity contribution < 1.29 is 4.57 Å². The molecule has 2 heterocycles. The number of para-hydroxylation sites is 1. The van der Waals surface area contributed by atoms with Crippen molar-refractivity contribution in [3.8, 4) is 22.6 Å². The molecule has 128 valence electrons. The third kappa shape index (κ3) is 2.64. The highest BCUT2D eigenvalue weighted by molar-refractivity contribution is 5.92. The van der Waals surface area contributed by atoms with Crippen LogP contribution in [0.1, 0.15) is 16.7 Å². The van der Waals surface area contributed by atoms with Crippen LogP contribution in [0.4, 0.5) is 0 Å². The molecule has 0 aliphatic rings. The van der Waals surface area contributed by atoms with Crippen LogP contribution >= 0.6 is 0 Å². The third-order valence-electron chi connectivity index (χ3n) is 5.02. The van der Waals surface area contributed by atoms with Gasteiger partial charge < -0.3 is 0 Å². The summed E-state index contributed by atoms with van der Waals surface area (Å²) in [6, 6.07) is 15.1. The fourth-order valence-electron chi connectivity index (χ4n) is 3.56. The van der Waals surface area contributed by atoms with Crippen LogP contribution in [0, 0.1) is 20.8 Å². The molecule has 0 spiro atoms. The summed E-state index contributed by atoms with van der Waals surface area (Å²) in [6.45, 7) is 6.49. The Balaban J connectivity index is 2.11. The molecule has 2 aromatic heterocycles. The van der Waals surface area contributed by atoms with Crippen LogP contribution in [0.15, 0.2) is 55.1 Å². The largest absolute Gasteiger partial charge is 0.225 e. The second-order valence-electron chi connectivity index (χ2n) is 6.74. The van der Waals surface area contributed by atoms with Crippen molar-refractivity contribution >= 4 is 10.9 Å². The molecule has 0 aliphatic heterocycles. The molecule has 0 N–H and O–H groups in total. The maximum Gasteiger partial charge on any atom is 0.213 e. The van der Waals surface area contributed by atoms with Crippen LogP contribution < -0.4 is 4.57 Å². The zero-order valence-electron chi connectivity index (χ0n) is 15.5. The Morgan fingerprint density at radius 1 is 0.846 bits per heavy atom. The van der Waals surface area contributed by atoms with E-state index in [1.54, 1.807) is 12.7 Å². The number of pyridine rings is 1. The van der Waals surface area contributed by atoms with Gasteiger partial charge in [0.2, 0.25) is 11.2 Å². The number of hydrogen-bond acceptors (Lipinski definition) is 3. The van der Waals surface area contributed by atoms with E-state index < -0.39 is 0 Å². The van der Waals surface area contributed by atoms with Crippen molar-refractivity contribution in [3.05, 3.63) is 71.8 Å². The van der Waals surface area contributed by atoms with E-state index >= 15 is 0 Å². The summed E-state index contributed by atoms with van der Waals surface area (Å²) in [4.78, 5) is 12.7. The van der Waals surface area contributed by atoms with Crippen LogP contribution in [-0.2, 0) is 7.05 Å². The Hall–Kier alpha value is -3.14. The fraction of sp³-hybridized carbons (Fsp3) is 0.182. The van der Waals surface area contributed by atoms with E-state index in [2.05, 4.69) is 89.8 Å². The van der Waals surface area contributed by atoms with Crippen molar-refractivity contribution in [2.45, 2.75) is 20.8 Å². The molecular formula is C22H21N4+. The molecule has 0 saturated heterocycles. The number of fused-ring (bicyclic) bond motifs is 1. The minimum Gasteiger partial charge on any atom is -0.225 e. The molecule has 0 atom stereocenters. The quantitative estimate of drug-likeness (QED) is 0.515. The highest BCUT2D eigenvalue weighted by Gasteiger charge is 2.21. The van der Waals surface area contributed by atoms with Crippen molar-refractivity contribution in [2.75, 3.05) is 0 Å². The van der Waals surface area contributed by atoms with Gasteiger partial charge in [-0.25, -0.2) is 15.0 Å². The van der Waals surface area contributed by atoms with E-state index in [4.69, 9.17) is 0 Å². The maximum atomic E-state index is 4.39. The molecule has 0 radical (unpaired) electrons. The summed E-state index contributed by atoms with van der Waals surface area (Å²) in [5, 5.41) is 1.13. The lowest BCUT2D eigenvalue weighted by molar-refractivity contribution is -0.633. The Morgan fingerprint density at radius 3 is 2.35 bits per heavy atom. The third-order valence-corrected chi connectivity index (χ3v) is 5.02. The molecule has 0 amide bonds. The molecule has 0 unspecified atom stereocenters. The lowest BCUT2D eigenvalue weighted by Gasteiger charge is -2.12. The molecule has 4 heteroatoms. The number of rotatable bonds is 2. The molecule has 4 aromatic rings. The second kappa shape index (κ2) is 6.30. The van der Waals surface area contributed by atoms with E-state index in [9.17, 15) is 0 Å². The van der Waals surface area contributed by atoms with E-state index in [0.29, 0.717) is 5.82 Å². The van der Waals surface area contributed by atoms with Gasteiger partial charge in [0, 0.05) is 23.3 Å². The van der Waals surface area contributed by atoms with Gasteiger partial charge in [0.1, 0.15) is 19.7 Å². The average molecular weight is 341 g/mol. The first-order chi connectivity index (χ1) is 12.6. The average Bonchev–Trinajstić information content (AvgIpc) is 2.66. The van der Waals surface area contributed by atoms with Gasteiger partial charge in [-0.1, -0.05) is 23.8 Å². The molecular weight excluding hydrogens is 320 g/mol. The minimum atomic E-state index is 0.695. The lowest BCUT2D eigenvalue weighted by Crippen LogP contribution is -2.32. The molecule has 0 fully saturated rings. The van der Waals surface area contributed by atoms with Gasteiger partial charge in [0.25, 0.3) is 0 Å². The van der Waals surface area contributed by atoms with Gasteiger partial charge in [-0.2, -0.15) is 4.57 Å². The van der Waals surface area contributed by atoms with Crippen LogP contribution in [0.5, 0.6) is 0 Å². The zero-order valence-corrected chi connectivity index (χ0v) is 15.5. The summed E-state index contributed by atoms with van der Waals surface area (Å²) in [5.74, 6) is 0.695. The summed E-state index contributed by atoms with van der Waals surface area (Å²) in [5.41, 5.74) is 8.43. The predicted octanol–water partition coefficient (Wildman–Crippen LogP) is 4.11. The van der Waals surface area contributed by atoms with Crippen molar-refractivity contribution in [1.29, 1.82) is 0 Å². The molecule has 4 nitrogen and oxygen atoms in total. The second-order valence-corrected chi connectivity index (χ2v) is 6.74. The van der Waals surface area contributed by atoms with Crippen LogP contribution in [-0.4, -0.2) is 15.0 Å². The van der Waals surface area contributed by atoms with Crippen molar-refractivity contribution in [3.63, 3.8) is 0 Å². The smallest absolute Gasteiger partial charge is 0.213 e. The molecule has 26 heavy (non-hydrogen) atoms. The monoisotopic (exact) mass is 341 g/mol. The van der Waals surface area contributed by atoms with Crippen molar-refractivity contribution in [1.82, 2.24) is 15.0 Å². The molecule has 0 saturated carbocycles. The van der Waals surface area contributed by atoms with Gasteiger partial charge in [-0.15, -0.1) is 0 Å². The number of hydrogen-bond donors (Lipinski definition) is 0. The minimum absolute atomic E-state index is 0.695. The number of benzene rings is 2. The van der Waals surface area contributed by atoms with Gasteiger partial charge >= 0.3 is 0 Å². The van der Waals surface area contributed by atoms with Gasteiger partial charge in [-0.05, 0) is 44.0 Å². The Bertz CT molecular complexity index is 1120. The van der Waals surface area contributed by atoms with E-state index in [1.807, 2.05) is 0 Å². The maximum absolute atomic E-state index is 4.39. The number of aryl methyl sites for hydroxylation is 3. The first-order valence-electron chi connectivity index (χ1n) is 8.68. The van der Waals surface area contributed by atoms with Gasteiger partial charge in [0.05, 0.1) is 5.39 Å². The SMILES string of the molecule is Cc1cc(C)c(C)c(-c2cc(-c3ncncn3)c3ccccc3[n+]2C)c1. The summed E-state index contributed by atoms with van der Waals surface area (Å²) < 4.78 is 2.25. The van der Waals surface area contributed by atoms with E-state index in [0.717, 1.165) is 22.2 Å². The highest BCUT2D eigenvalue weighted by Crippen LogP contribution is 2.31. The van der Waals surface area contributed by atoms with E-state index in [1.165, 1.54) is 22.3 Å². The Morgan fingerprint density at radius 2 is 1.58 bits per heavy atom. The van der Waals surface area contributed by atoms with Crippen LogP contribution in [0.3, 0.4) is 0 Å². The zero-order chi connectivity index (χ0) is 18.3. The Kier molecular flexibility index (Phi) is 3.96. The fourth-order valence-corrected chi connectivity index (χ4v) is 3.56. The Labute approximate surface area is 153 Å². The normalized spacial score (nSPS) is 11.1. The molecule has 0 aliphatic carbocycles. The van der Waals surface area contributed by atoms with Crippen LogP contribution in [0.2, 0.25) is 0 Å². The van der Waals surface area contributed by atoms with Crippen LogP contribution in [0.25, 0.3) is 33.5 Å². The first kappa shape index (κ1) is 16.3. The lowest BCUT2D eigenvalue weighted by atomic mass is 9.95. The molecule has 0 bridgehead atoms. The van der Waals surface area contributed by atoms with Gasteiger partial charge in [-0.3, -0.25) is 0 Å². The summed E-state index contributed by atoms with van der Waals surface area (Å²) >= 11 is 0. The number of aromatic nitrogens is 4. The highest BCUT2D eigenvalue weighted by atomic mass is 15.0. The standard InChI is InChI=1S/C22H21N4/c1-14-9-15(2)16(3)18(10-14)21-11-19(22-24-12-23-13-25-22)17-7-5-6-8-20(17)26(21)4/h5-13H,1-4H3/q+1. The topological polar surface area (TPSA) is 42.6 Å².